The number of phenols is 1. The van der Waals surface area contributed by atoms with Crippen LogP contribution in [0, 0.1) is 11.3 Å². The molecule has 0 aliphatic carbocycles. The highest BCUT2D eigenvalue weighted by atomic mass is 35.5. The number of allylic oxidation sites excluding steroid dienone is 1. The number of nitrogens with zero attached hydrogens (tertiary/aromatic N) is 1. The van der Waals surface area contributed by atoms with E-state index < -0.39 is 0 Å². The Hall–Kier alpha value is -1.46. The summed E-state index contributed by atoms with van der Waals surface area (Å²) < 4.78 is 0. The van der Waals surface area contributed by atoms with Gasteiger partial charge in [-0.3, -0.25) is 0 Å². The Morgan fingerprint density at radius 3 is 2.83 bits per heavy atom. The third kappa shape index (κ3) is 2.01. The minimum atomic E-state index is 0.0470. The first-order valence-corrected chi connectivity index (χ1v) is 3.66. The van der Waals surface area contributed by atoms with Crippen LogP contribution < -0.4 is 0 Å². The third-order valence-electron chi connectivity index (χ3n) is 1.32. The minimum absolute atomic E-state index is 0.0470. The van der Waals surface area contributed by atoms with Crippen molar-refractivity contribution in [1.82, 2.24) is 0 Å². The molecule has 0 aliphatic rings. The van der Waals surface area contributed by atoms with Crippen molar-refractivity contribution >= 4 is 17.7 Å². The monoisotopic (exact) mass is 179 g/mol. The Balaban J connectivity index is 2.99. The van der Waals surface area contributed by atoms with E-state index >= 15 is 0 Å². The maximum Gasteiger partial charge on any atom is 0.134 e. The van der Waals surface area contributed by atoms with E-state index in [0.717, 1.165) is 5.56 Å². The molecule has 0 amide bonds. The fourth-order valence-electron chi connectivity index (χ4n) is 0.760. The van der Waals surface area contributed by atoms with Crippen molar-refractivity contribution in [2.75, 3.05) is 0 Å². The van der Waals surface area contributed by atoms with Crippen LogP contribution in [0.2, 0.25) is 5.02 Å². The summed E-state index contributed by atoms with van der Waals surface area (Å²) in [6.45, 7) is 0. The minimum Gasteiger partial charge on any atom is -0.506 e. The van der Waals surface area contributed by atoms with Gasteiger partial charge in [0.25, 0.3) is 0 Å². The number of aromatic hydroxyl groups is 1. The number of phenolic OH excluding ortho intramolecular Hbond substituents is 1. The quantitative estimate of drug-likeness (QED) is 0.674. The summed E-state index contributed by atoms with van der Waals surface area (Å²) in [7, 11) is 0. The Kier molecular flexibility index (Phi) is 2.73. The van der Waals surface area contributed by atoms with Crippen LogP contribution in [0.1, 0.15) is 5.56 Å². The van der Waals surface area contributed by atoms with Crippen molar-refractivity contribution in [3.63, 3.8) is 0 Å². The highest BCUT2D eigenvalue weighted by Gasteiger charge is 1.96. The first kappa shape index (κ1) is 8.63. The molecule has 0 fully saturated rings. The van der Waals surface area contributed by atoms with Crippen LogP contribution in [-0.4, -0.2) is 5.11 Å². The fraction of sp³-hybridized carbons (Fsp3) is 0. The summed E-state index contributed by atoms with van der Waals surface area (Å²) in [5, 5.41) is 17.6. The molecule has 60 valence electrons. The molecule has 2 nitrogen and oxygen atoms in total. The molecule has 1 N–H and O–H groups in total. The van der Waals surface area contributed by atoms with E-state index in [2.05, 4.69) is 0 Å². The van der Waals surface area contributed by atoms with E-state index in [1.807, 2.05) is 6.07 Å². The van der Waals surface area contributed by atoms with Crippen LogP contribution in [0.5, 0.6) is 5.75 Å². The van der Waals surface area contributed by atoms with Gasteiger partial charge in [-0.1, -0.05) is 17.7 Å². The van der Waals surface area contributed by atoms with Crippen LogP contribution >= 0.6 is 11.6 Å². The number of hydrogen-bond acceptors (Lipinski definition) is 2. The molecule has 0 saturated carbocycles. The van der Waals surface area contributed by atoms with Crippen molar-refractivity contribution in [3.05, 3.63) is 34.9 Å². The first-order chi connectivity index (χ1) is 5.74. The Morgan fingerprint density at radius 1 is 1.50 bits per heavy atom. The van der Waals surface area contributed by atoms with Gasteiger partial charge in [0.15, 0.2) is 0 Å². The van der Waals surface area contributed by atoms with Gasteiger partial charge in [0.05, 0.1) is 11.1 Å². The summed E-state index contributed by atoms with van der Waals surface area (Å²) in [6, 6.07) is 6.61. The van der Waals surface area contributed by atoms with Gasteiger partial charge in [0, 0.05) is 6.08 Å². The van der Waals surface area contributed by atoms with Crippen LogP contribution in [0.4, 0.5) is 0 Å². The normalized spacial score (nSPS) is 10.0. The summed E-state index contributed by atoms with van der Waals surface area (Å²) in [4.78, 5) is 0. The van der Waals surface area contributed by atoms with Crippen molar-refractivity contribution in [2.24, 2.45) is 0 Å². The molecule has 0 aromatic heterocycles. The van der Waals surface area contributed by atoms with Gasteiger partial charge in [-0.25, -0.2) is 0 Å². The lowest BCUT2D eigenvalue weighted by Crippen LogP contribution is -1.72. The van der Waals surface area contributed by atoms with Gasteiger partial charge >= 0.3 is 0 Å². The molecule has 0 heterocycles. The zero-order valence-corrected chi connectivity index (χ0v) is 6.92. The van der Waals surface area contributed by atoms with Crippen molar-refractivity contribution in [2.45, 2.75) is 0 Å². The zero-order valence-electron chi connectivity index (χ0n) is 6.16. The first-order valence-electron chi connectivity index (χ1n) is 3.28. The average Bonchev–Trinajstić information content (AvgIpc) is 2.07. The van der Waals surface area contributed by atoms with E-state index in [1.165, 1.54) is 12.1 Å². The maximum atomic E-state index is 9.05. The molecule has 3 heteroatoms. The van der Waals surface area contributed by atoms with Crippen LogP contribution in [0.3, 0.4) is 0 Å². The summed E-state index contributed by atoms with van der Waals surface area (Å²) in [5.74, 6) is 0.0470. The topological polar surface area (TPSA) is 44.0 Å². The molecule has 1 aromatic rings. The predicted octanol–water partition coefficient (Wildman–Crippen LogP) is 2.58. The van der Waals surface area contributed by atoms with Gasteiger partial charge in [0.1, 0.15) is 5.75 Å². The molecular weight excluding hydrogens is 174 g/mol. The Bertz CT molecular complexity index is 352. The van der Waals surface area contributed by atoms with Gasteiger partial charge in [-0.15, -0.1) is 0 Å². The molecule has 0 unspecified atom stereocenters. The molecule has 0 bridgehead atoms. The zero-order chi connectivity index (χ0) is 8.97. The fourth-order valence-corrected chi connectivity index (χ4v) is 0.949. The van der Waals surface area contributed by atoms with E-state index in [0.29, 0.717) is 0 Å². The molecule has 0 aliphatic heterocycles. The Morgan fingerprint density at radius 2 is 2.25 bits per heavy atom. The van der Waals surface area contributed by atoms with E-state index in [1.54, 1.807) is 18.2 Å². The average molecular weight is 180 g/mol. The standard InChI is InChI=1S/C9H6ClNO/c10-8-6-7(2-1-5-11)3-4-9(8)12/h1-4,6,12H/b2-1+. The third-order valence-corrected chi connectivity index (χ3v) is 1.62. The summed E-state index contributed by atoms with van der Waals surface area (Å²) >= 11 is 5.63. The molecule has 0 atom stereocenters. The van der Waals surface area contributed by atoms with E-state index in [4.69, 9.17) is 22.0 Å². The van der Waals surface area contributed by atoms with E-state index in [9.17, 15) is 0 Å². The summed E-state index contributed by atoms with van der Waals surface area (Å²) in [5.41, 5.74) is 0.791. The van der Waals surface area contributed by atoms with Crippen molar-refractivity contribution < 1.29 is 5.11 Å². The molecule has 0 saturated heterocycles. The SMILES string of the molecule is N#C/C=C/c1ccc(O)c(Cl)c1. The highest BCUT2D eigenvalue weighted by molar-refractivity contribution is 6.32. The molecule has 0 spiro atoms. The molecule has 1 aromatic carbocycles. The number of rotatable bonds is 1. The van der Waals surface area contributed by atoms with Gasteiger partial charge in [-0.2, -0.15) is 5.26 Å². The van der Waals surface area contributed by atoms with Gasteiger partial charge in [0.2, 0.25) is 0 Å². The largest absolute Gasteiger partial charge is 0.506 e. The lowest BCUT2D eigenvalue weighted by Gasteiger charge is -1.96. The number of hydrogen-bond donors (Lipinski definition) is 1. The molecule has 0 radical (unpaired) electrons. The number of nitriles is 1. The summed E-state index contributed by atoms with van der Waals surface area (Å²) in [6.07, 6.45) is 2.97. The second-order valence-electron chi connectivity index (χ2n) is 2.17. The second-order valence-corrected chi connectivity index (χ2v) is 2.58. The lowest BCUT2D eigenvalue weighted by molar-refractivity contribution is 0.475. The maximum absolute atomic E-state index is 9.05. The van der Waals surface area contributed by atoms with Crippen LogP contribution in [0.15, 0.2) is 24.3 Å². The smallest absolute Gasteiger partial charge is 0.134 e. The second kappa shape index (κ2) is 3.80. The lowest BCUT2D eigenvalue weighted by atomic mass is 10.2. The van der Waals surface area contributed by atoms with Gasteiger partial charge < -0.3 is 5.11 Å². The van der Waals surface area contributed by atoms with Crippen LogP contribution in [0.25, 0.3) is 6.08 Å². The number of benzene rings is 1. The van der Waals surface area contributed by atoms with E-state index in [-0.39, 0.29) is 10.8 Å². The van der Waals surface area contributed by atoms with Crippen LogP contribution in [-0.2, 0) is 0 Å². The van der Waals surface area contributed by atoms with Gasteiger partial charge in [-0.05, 0) is 23.8 Å². The predicted molar refractivity (Wildman–Crippen MR) is 47.8 cm³/mol. The molecule has 12 heavy (non-hydrogen) atoms. The number of halogens is 1. The van der Waals surface area contributed by atoms with Crippen molar-refractivity contribution in [1.29, 1.82) is 5.26 Å². The molecule has 1 rings (SSSR count). The molecular formula is C9H6ClNO. The van der Waals surface area contributed by atoms with Crippen molar-refractivity contribution in [3.8, 4) is 11.8 Å². The Labute approximate surface area is 75.3 Å². The highest BCUT2D eigenvalue weighted by Crippen LogP contribution is 2.23.